The normalized spacial score (nSPS) is 16.0. The Morgan fingerprint density at radius 2 is 2.00 bits per heavy atom. The molecule has 4 nitrogen and oxygen atoms in total. The minimum Gasteiger partial charge on any atom is -0.486 e. The molecule has 23 heavy (non-hydrogen) atoms. The van der Waals surface area contributed by atoms with E-state index in [1.165, 1.54) is 0 Å². The molecule has 1 unspecified atom stereocenters. The van der Waals surface area contributed by atoms with Crippen molar-refractivity contribution in [3.05, 3.63) is 59.1 Å². The minimum atomic E-state index is -0.187. The molecule has 0 spiro atoms. The topological polar surface area (TPSA) is 38.8 Å². The monoisotopic (exact) mass is 331 g/mol. The lowest BCUT2D eigenvalue weighted by Crippen LogP contribution is -2.43. The van der Waals surface area contributed by atoms with Gasteiger partial charge in [-0.1, -0.05) is 29.8 Å². The predicted octanol–water partition coefficient (Wildman–Crippen LogP) is 3.64. The summed E-state index contributed by atoms with van der Waals surface area (Å²) in [4.78, 5) is 14.4. The number of rotatable bonds is 4. The Morgan fingerprint density at radius 1 is 1.22 bits per heavy atom. The highest BCUT2D eigenvalue weighted by Crippen LogP contribution is 2.31. The molecular weight excluding hydrogens is 314 g/mol. The standard InChI is InChI=1S/C18H18ClNO3/c1-2-20(18(21)13-6-5-7-14(19)10-13)11-15-12-22-16-8-3-4-9-17(16)23-15/h3-10,15H,2,11-12H2,1H3. The van der Waals surface area contributed by atoms with E-state index in [4.69, 9.17) is 21.1 Å². The van der Waals surface area contributed by atoms with Crippen molar-refractivity contribution in [2.45, 2.75) is 13.0 Å². The van der Waals surface area contributed by atoms with Gasteiger partial charge in [-0.05, 0) is 37.3 Å². The van der Waals surface area contributed by atoms with Gasteiger partial charge in [-0.25, -0.2) is 0 Å². The number of para-hydroxylation sites is 2. The van der Waals surface area contributed by atoms with Crippen LogP contribution >= 0.6 is 11.6 Å². The van der Waals surface area contributed by atoms with E-state index in [0.29, 0.717) is 30.3 Å². The summed E-state index contributed by atoms with van der Waals surface area (Å²) in [6.07, 6.45) is -0.187. The van der Waals surface area contributed by atoms with Gasteiger partial charge < -0.3 is 14.4 Å². The Hall–Kier alpha value is -2.20. The molecule has 0 saturated carbocycles. The first kappa shape index (κ1) is 15.7. The average Bonchev–Trinajstić information content (AvgIpc) is 2.59. The summed E-state index contributed by atoms with van der Waals surface area (Å²) in [7, 11) is 0. The molecule has 3 rings (SSSR count). The molecule has 0 aliphatic carbocycles. The van der Waals surface area contributed by atoms with Crippen LogP contribution in [0.5, 0.6) is 11.5 Å². The molecule has 0 bridgehead atoms. The number of hydrogen-bond acceptors (Lipinski definition) is 3. The number of halogens is 1. The second-order valence-electron chi connectivity index (χ2n) is 5.35. The zero-order valence-electron chi connectivity index (χ0n) is 12.9. The zero-order valence-corrected chi connectivity index (χ0v) is 13.6. The van der Waals surface area contributed by atoms with E-state index in [1.807, 2.05) is 31.2 Å². The Labute approximate surface area is 140 Å². The van der Waals surface area contributed by atoms with Crippen LogP contribution in [0.3, 0.4) is 0 Å². The van der Waals surface area contributed by atoms with Crippen LogP contribution < -0.4 is 9.47 Å². The van der Waals surface area contributed by atoms with Crippen molar-refractivity contribution >= 4 is 17.5 Å². The van der Waals surface area contributed by atoms with Crippen LogP contribution in [0, 0.1) is 0 Å². The molecule has 2 aromatic rings. The van der Waals surface area contributed by atoms with Crippen molar-refractivity contribution in [3.63, 3.8) is 0 Å². The van der Waals surface area contributed by atoms with Gasteiger partial charge in [0, 0.05) is 17.1 Å². The van der Waals surface area contributed by atoms with E-state index in [1.54, 1.807) is 29.2 Å². The second kappa shape index (κ2) is 6.92. The summed E-state index contributed by atoms with van der Waals surface area (Å²) in [5, 5.41) is 0.554. The third-order valence-corrected chi connectivity index (χ3v) is 3.97. The van der Waals surface area contributed by atoms with Gasteiger partial charge in [0.15, 0.2) is 17.6 Å². The van der Waals surface area contributed by atoms with Gasteiger partial charge in [0.05, 0.1) is 6.54 Å². The second-order valence-corrected chi connectivity index (χ2v) is 5.79. The van der Waals surface area contributed by atoms with Crippen molar-refractivity contribution in [1.29, 1.82) is 0 Å². The van der Waals surface area contributed by atoms with E-state index < -0.39 is 0 Å². The summed E-state index contributed by atoms with van der Waals surface area (Å²) >= 11 is 5.97. The highest BCUT2D eigenvalue weighted by atomic mass is 35.5. The largest absolute Gasteiger partial charge is 0.486 e. The smallest absolute Gasteiger partial charge is 0.254 e. The lowest BCUT2D eigenvalue weighted by atomic mass is 10.2. The quantitative estimate of drug-likeness (QED) is 0.858. The maximum absolute atomic E-state index is 12.6. The van der Waals surface area contributed by atoms with Crippen LogP contribution in [0.25, 0.3) is 0 Å². The van der Waals surface area contributed by atoms with E-state index in [2.05, 4.69) is 0 Å². The molecular formula is C18H18ClNO3. The SMILES string of the molecule is CCN(CC1COc2ccccc2O1)C(=O)c1cccc(Cl)c1. The minimum absolute atomic E-state index is 0.0579. The van der Waals surface area contributed by atoms with Crippen LogP contribution in [-0.4, -0.2) is 36.6 Å². The zero-order chi connectivity index (χ0) is 16.2. The highest BCUT2D eigenvalue weighted by molar-refractivity contribution is 6.30. The van der Waals surface area contributed by atoms with E-state index in [9.17, 15) is 4.79 Å². The molecule has 1 heterocycles. The summed E-state index contributed by atoms with van der Waals surface area (Å²) in [6, 6.07) is 14.5. The number of amides is 1. The van der Waals surface area contributed by atoms with Crippen molar-refractivity contribution in [2.24, 2.45) is 0 Å². The van der Waals surface area contributed by atoms with Gasteiger partial charge in [0.2, 0.25) is 0 Å². The van der Waals surface area contributed by atoms with Crippen molar-refractivity contribution < 1.29 is 14.3 Å². The Morgan fingerprint density at radius 3 is 2.74 bits per heavy atom. The molecule has 0 aromatic heterocycles. The number of benzene rings is 2. The van der Waals surface area contributed by atoms with Crippen molar-refractivity contribution in [2.75, 3.05) is 19.7 Å². The molecule has 120 valence electrons. The molecule has 0 radical (unpaired) electrons. The maximum atomic E-state index is 12.6. The summed E-state index contributed by atoms with van der Waals surface area (Å²) in [6.45, 7) is 3.43. The number of carbonyl (C=O) groups excluding carboxylic acids is 1. The fourth-order valence-electron chi connectivity index (χ4n) is 2.56. The molecule has 0 saturated heterocycles. The Bertz CT molecular complexity index is 704. The molecule has 2 aromatic carbocycles. The van der Waals surface area contributed by atoms with Crippen molar-refractivity contribution in [1.82, 2.24) is 4.90 Å². The first-order valence-corrected chi connectivity index (χ1v) is 7.98. The number of fused-ring (bicyclic) bond motifs is 1. The van der Waals surface area contributed by atoms with Gasteiger partial charge in [-0.3, -0.25) is 4.79 Å². The highest BCUT2D eigenvalue weighted by Gasteiger charge is 2.25. The van der Waals surface area contributed by atoms with Gasteiger partial charge >= 0.3 is 0 Å². The molecule has 1 aliphatic rings. The van der Waals surface area contributed by atoms with Crippen LogP contribution in [0.1, 0.15) is 17.3 Å². The van der Waals surface area contributed by atoms with Crippen LogP contribution in [0.15, 0.2) is 48.5 Å². The third-order valence-electron chi connectivity index (χ3n) is 3.73. The number of ether oxygens (including phenoxy) is 2. The average molecular weight is 332 g/mol. The first-order valence-electron chi connectivity index (χ1n) is 7.60. The van der Waals surface area contributed by atoms with Crippen LogP contribution in [-0.2, 0) is 0 Å². The lowest BCUT2D eigenvalue weighted by Gasteiger charge is -2.31. The van der Waals surface area contributed by atoms with Gasteiger partial charge in [-0.2, -0.15) is 0 Å². The summed E-state index contributed by atoms with van der Waals surface area (Å²) in [5.41, 5.74) is 0.580. The Balaban J connectivity index is 1.69. The summed E-state index contributed by atoms with van der Waals surface area (Å²) < 4.78 is 11.6. The number of carbonyl (C=O) groups is 1. The van der Waals surface area contributed by atoms with Crippen LogP contribution in [0.4, 0.5) is 0 Å². The van der Waals surface area contributed by atoms with Gasteiger partial charge in [0.1, 0.15) is 6.61 Å². The maximum Gasteiger partial charge on any atom is 0.254 e. The van der Waals surface area contributed by atoms with E-state index in [0.717, 1.165) is 11.5 Å². The molecule has 0 fully saturated rings. The summed E-state index contributed by atoms with van der Waals surface area (Å²) in [5.74, 6) is 1.40. The molecule has 1 aliphatic heterocycles. The number of hydrogen-bond donors (Lipinski definition) is 0. The lowest BCUT2D eigenvalue weighted by molar-refractivity contribution is 0.0475. The van der Waals surface area contributed by atoms with Gasteiger partial charge in [0.25, 0.3) is 5.91 Å². The predicted molar refractivity (Wildman–Crippen MR) is 89.4 cm³/mol. The molecule has 0 N–H and O–H groups in total. The fraction of sp³-hybridized carbons (Fsp3) is 0.278. The van der Waals surface area contributed by atoms with Gasteiger partial charge in [-0.15, -0.1) is 0 Å². The molecule has 5 heteroatoms. The molecule has 1 atom stereocenters. The number of nitrogens with zero attached hydrogens (tertiary/aromatic N) is 1. The number of likely N-dealkylation sites (N-methyl/N-ethyl adjacent to an activating group) is 1. The van der Waals surface area contributed by atoms with Crippen molar-refractivity contribution in [3.8, 4) is 11.5 Å². The Kier molecular flexibility index (Phi) is 4.72. The third kappa shape index (κ3) is 3.59. The van der Waals surface area contributed by atoms with E-state index >= 15 is 0 Å². The van der Waals surface area contributed by atoms with E-state index in [-0.39, 0.29) is 12.0 Å². The first-order chi connectivity index (χ1) is 11.2. The van der Waals surface area contributed by atoms with Crippen LogP contribution in [0.2, 0.25) is 5.02 Å². The molecule has 1 amide bonds. The fourth-order valence-corrected chi connectivity index (χ4v) is 2.75.